The minimum atomic E-state index is -4.10. The molecule has 2 aromatic carbocycles. The van der Waals surface area contributed by atoms with Gasteiger partial charge in [0.1, 0.15) is 30.5 Å². The number of carbonyl (C=O) groups is 4. The Hall–Kier alpha value is -5.28. The van der Waals surface area contributed by atoms with Crippen LogP contribution in [0, 0.1) is 5.82 Å². The molecule has 20 heteroatoms. The smallest absolute Gasteiger partial charge is 0.329 e. The number of carbonyl (C=O) groups excluding carboxylic acids is 2. The van der Waals surface area contributed by atoms with Gasteiger partial charge in [-0.25, -0.2) is 32.3 Å². The molecule has 324 valence electrons. The van der Waals surface area contributed by atoms with Crippen molar-refractivity contribution in [3.05, 3.63) is 71.8 Å². The third-order valence-electron chi connectivity index (χ3n) is 8.17. The van der Waals surface area contributed by atoms with Crippen molar-refractivity contribution in [2.24, 2.45) is 0 Å². The third kappa shape index (κ3) is 20.8. The molecule has 5 N–H and O–H groups in total. The SMILES string of the molecule is O=C(O)CCCCCCCCCc1ccc(Oc2ccc(S(=O)(=O)Nc3ncc(C(=O)NCCOCCOCC(=O)NCCOCCOCC(=O)O)cn3)cc2)cc1F. The van der Waals surface area contributed by atoms with Gasteiger partial charge in [-0.15, -0.1) is 0 Å². The lowest BCUT2D eigenvalue weighted by molar-refractivity contribution is -0.143. The van der Waals surface area contributed by atoms with E-state index >= 15 is 0 Å². The van der Waals surface area contributed by atoms with Gasteiger partial charge in [0, 0.05) is 38.0 Å². The Bertz CT molecular complexity index is 1850. The van der Waals surface area contributed by atoms with Crippen LogP contribution in [0.5, 0.6) is 11.5 Å². The van der Waals surface area contributed by atoms with E-state index < -0.39 is 40.3 Å². The van der Waals surface area contributed by atoms with Crippen LogP contribution < -0.4 is 20.1 Å². The van der Waals surface area contributed by atoms with Crippen LogP contribution >= 0.6 is 0 Å². The summed E-state index contributed by atoms with van der Waals surface area (Å²) in [5, 5.41) is 22.4. The highest BCUT2D eigenvalue weighted by Crippen LogP contribution is 2.26. The number of halogens is 1. The molecule has 1 heterocycles. The van der Waals surface area contributed by atoms with Gasteiger partial charge in [0.05, 0.1) is 50.1 Å². The van der Waals surface area contributed by atoms with Crippen molar-refractivity contribution in [1.29, 1.82) is 0 Å². The number of nitrogens with one attached hydrogen (secondary N) is 3. The van der Waals surface area contributed by atoms with Crippen LogP contribution in [0.3, 0.4) is 0 Å². The van der Waals surface area contributed by atoms with Crippen molar-refractivity contribution < 1.29 is 65.9 Å². The Morgan fingerprint density at radius 3 is 1.86 bits per heavy atom. The van der Waals surface area contributed by atoms with Crippen LogP contribution in [0.4, 0.5) is 10.3 Å². The second-order valence-electron chi connectivity index (χ2n) is 12.9. The average Bonchev–Trinajstić information content (AvgIpc) is 3.20. The second-order valence-corrected chi connectivity index (χ2v) is 14.6. The van der Waals surface area contributed by atoms with E-state index in [2.05, 4.69) is 25.3 Å². The normalized spacial score (nSPS) is 11.2. The number of sulfonamides is 1. The predicted octanol–water partition coefficient (Wildman–Crippen LogP) is 3.95. The van der Waals surface area contributed by atoms with E-state index in [-0.39, 0.29) is 93.8 Å². The zero-order valence-electron chi connectivity index (χ0n) is 32.7. The Kier molecular flexibility index (Phi) is 22.3. The highest BCUT2D eigenvalue weighted by Gasteiger charge is 2.17. The largest absolute Gasteiger partial charge is 0.481 e. The van der Waals surface area contributed by atoms with E-state index in [4.69, 9.17) is 33.9 Å². The molecule has 18 nitrogen and oxygen atoms in total. The summed E-state index contributed by atoms with van der Waals surface area (Å²) in [5.74, 6) is -2.77. The molecule has 0 unspecified atom stereocenters. The van der Waals surface area contributed by atoms with Crippen molar-refractivity contribution >= 4 is 39.7 Å². The van der Waals surface area contributed by atoms with Crippen molar-refractivity contribution in [3.8, 4) is 11.5 Å². The van der Waals surface area contributed by atoms with Gasteiger partial charge in [-0.05, 0) is 55.2 Å². The van der Waals surface area contributed by atoms with Crippen LogP contribution in [-0.2, 0) is 49.8 Å². The van der Waals surface area contributed by atoms with E-state index in [9.17, 15) is 32.0 Å². The number of aliphatic carboxylic acids is 2. The molecule has 0 saturated carbocycles. The molecule has 0 fully saturated rings. The zero-order valence-corrected chi connectivity index (χ0v) is 33.5. The van der Waals surface area contributed by atoms with Crippen LogP contribution in [0.15, 0.2) is 59.8 Å². The van der Waals surface area contributed by atoms with E-state index in [0.717, 1.165) is 38.5 Å². The fourth-order valence-electron chi connectivity index (χ4n) is 5.19. The minimum Gasteiger partial charge on any atom is -0.481 e. The summed E-state index contributed by atoms with van der Waals surface area (Å²) in [5.41, 5.74) is 0.665. The molecule has 3 rings (SSSR count). The molecule has 0 spiro atoms. The number of amides is 2. The third-order valence-corrected chi connectivity index (χ3v) is 9.52. The molecule has 0 aliphatic rings. The van der Waals surface area contributed by atoms with Gasteiger partial charge in [0.15, 0.2) is 0 Å². The molecule has 0 aliphatic carbocycles. The summed E-state index contributed by atoms with van der Waals surface area (Å²) in [6.45, 7) is 0.853. The van der Waals surface area contributed by atoms with E-state index in [1.165, 1.54) is 42.7 Å². The number of ether oxygens (including phenoxy) is 5. The maximum Gasteiger partial charge on any atom is 0.329 e. The van der Waals surface area contributed by atoms with Gasteiger partial charge in [-0.1, -0.05) is 38.2 Å². The number of hydrogen-bond donors (Lipinski definition) is 5. The fraction of sp³-hybridized carbons (Fsp3) is 0.487. The molecule has 0 bridgehead atoms. The van der Waals surface area contributed by atoms with Gasteiger partial charge in [-0.2, -0.15) is 0 Å². The van der Waals surface area contributed by atoms with Crippen molar-refractivity contribution in [3.63, 3.8) is 0 Å². The average molecular weight is 850 g/mol. The first kappa shape index (κ1) is 48.1. The number of unbranched alkanes of at least 4 members (excludes halogenated alkanes) is 6. The monoisotopic (exact) mass is 849 g/mol. The van der Waals surface area contributed by atoms with Crippen molar-refractivity contribution in [2.75, 3.05) is 70.7 Å². The lowest BCUT2D eigenvalue weighted by Crippen LogP contribution is -2.31. The molecule has 1 aromatic heterocycles. The first-order valence-electron chi connectivity index (χ1n) is 19.1. The summed E-state index contributed by atoms with van der Waals surface area (Å²) in [4.78, 5) is 52.8. The number of carboxylic acid groups (broad SMARTS) is 2. The van der Waals surface area contributed by atoms with Crippen LogP contribution in [0.2, 0.25) is 0 Å². The number of carboxylic acids is 2. The van der Waals surface area contributed by atoms with Crippen molar-refractivity contribution in [1.82, 2.24) is 20.6 Å². The summed E-state index contributed by atoms with van der Waals surface area (Å²) in [6, 6.07) is 10.1. The first-order valence-corrected chi connectivity index (χ1v) is 20.6. The lowest BCUT2D eigenvalue weighted by atomic mass is 10.0. The number of nitrogens with zero attached hydrogens (tertiary/aromatic N) is 2. The Balaban J connectivity index is 1.28. The lowest BCUT2D eigenvalue weighted by Gasteiger charge is -2.10. The predicted molar refractivity (Wildman–Crippen MR) is 210 cm³/mol. The molecule has 3 aromatic rings. The highest BCUT2D eigenvalue weighted by molar-refractivity contribution is 7.92. The number of aryl methyl sites for hydroxylation is 1. The Morgan fingerprint density at radius 1 is 0.661 bits per heavy atom. The quantitative estimate of drug-likeness (QED) is 0.0558. The number of anilines is 1. The van der Waals surface area contributed by atoms with Crippen LogP contribution in [0.25, 0.3) is 0 Å². The maximum atomic E-state index is 14.8. The topological polar surface area (TPSA) is 251 Å². The molecule has 0 aliphatic heterocycles. The van der Waals surface area contributed by atoms with Crippen LogP contribution in [-0.4, -0.2) is 118 Å². The molecular formula is C39H52FN5O13S. The van der Waals surface area contributed by atoms with Gasteiger partial charge in [0.2, 0.25) is 11.9 Å². The second kappa shape index (κ2) is 27.4. The number of hydrogen-bond acceptors (Lipinski definition) is 13. The first-order chi connectivity index (χ1) is 28.4. The standard InChI is InChI=1S/C39H52FN5O13S/c40-34-24-32(11-10-29(34)8-6-4-2-1-3-5-7-9-36(47)48)58-31-12-14-33(15-13-31)59(52,53)45-39-43-25-30(26-44-39)38(51)42-17-19-55-20-22-56-27-35(46)41-16-18-54-21-23-57-28-37(49)50/h10-15,24-26H,1-9,16-23,27-28H2,(H,41,46)(H,42,51)(H,47,48)(H,49,50)(H,43,44,45). The number of benzene rings is 2. The summed E-state index contributed by atoms with van der Waals surface area (Å²) in [6.07, 6.45) is 9.54. The van der Waals surface area contributed by atoms with E-state index in [1.807, 2.05) is 0 Å². The maximum absolute atomic E-state index is 14.8. The van der Waals surface area contributed by atoms with Gasteiger partial charge in [0.25, 0.3) is 15.9 Å². The van der Waals surface area contributed by atoms with Gasteiger partial charge < -0.3 is 44.5 Å². The molecule has 0 saturated heterocycles. The molecule has 2 amide bonds. The van der Waals surface area contributed by atoms with Gasteiger partial charge in [-0.3, -0.25) is 14.4 Å². The highest BCUT2D eigenvalue weighted by atomic mass is 32.2. The van der Waals surface area contributed by atoms with Crippen molar-refractivity contribution in [2.45, 2.75) is 62.7 Å². The minimum absolute atomic E-state index is 0.0866. The molecular weight excluding hydrogens is 798 g/mol. The van der Waals surface area contributed by atoms with Gasteiger partial charge >= 0.3 is 11.9 Å². The molecule has 0 atom stereocenters. The Morgan fingerprint density at radius 2 is 1.24 bits per heavy atom. The summed E-state index contributed by atoms with van der Waals surface area (Å²) >= 11 is 0. The number of rotatable bonds is 32. The van der Waals surface area contributed by atoms with Crippen LogP contribution in [0.1, 0.15) is 67.3 Å². The zero-order chi connectivity index (χ0) is 42.7. The fourth-order valence-corrected chi connectivity index (χ4v) is 6.14. The summed E-state index contributed by atoms with van der Waals surface area (Å²) < 4.78 is 69.2. The Labute approximate surface area is 342 Å². The summed E-state index contributed by atoms with van der Waals surface area (Å²) in [7, 11) is -4.10. The molecule has 0 radical (unpaired) electrons. The number of aromatic nitrogens is 2. The molecule has 59 heavy (non-hydrogen) atoms. The van der Waals surface area contributed by atoms with E-state index in [0.29, 0.717) is 24.2 Å². The van der Waals surface area contributed by atoms with E-state index in [1.54, 1.807) is 12.1 Å².